The van der Waals surface area contributed by atoms with E-state index in [1.54, 1.807) is 15.3 Å². The molecule has 2 aliphatic carbocycles. The average molecular weight is 619 g/mol. The third-order valence-electron chi connectivity index (χ3n) is 7.77. The summed E-state index contributed by atoms with van der Waals surface area (Å²) in [5.41, 5.74) is 11.2. The third-order valence-corrected chi connectivity index (χ3v) is 15.6. The quantitative estimate of drug-likeness (QED) is 0.323. The van der Waals surface area contributed by atoms with Gasteiger partial charge in [0.15, 0.2) is 0 Å². The van der Waals surface area contributed by atoms with Crippen molar-refractivity contribution in [3.8, 4) is 11.1 Å². The molecule has 0 heterocycles. The van der Waals surface area contributed by atoms with Crippen LogP contribution in [0.3, 0.4) is 0 Å². The molecule has 38 heavy (non-hydrogen) atoms. The Morgan fingerprint density at radius 1 is 0.895 bits per heavy atom. The molecular formula is C35H36Cl2Zr. The van der Waals surface area contributed by atoms with Crippen LogP contribution >= 0.6 is 0 Å². The van der Waals surface area contributed by atoms with Gasteiger partial charge in [-0.15, -0.1) is 0 Å². The molecule has 194 valence electrons. The molecule has 1 unspecified atom stereocenters. The Bertz CT molecular complexity index is 1480. The van der Waals surface area contributed by atoms with Gasteiger partial charge in [-0.05, 0) is 0 Å². The van der Waals surface area contributed by atoms with Gasteiger partial charge in [-0.25, -0.2) is 0 Å². The molecule has 3 aromatic rings. The van der Waals surface area contributed by atoms with Gasteiger partial charge in [-0.3, -0.25) is 0 Å². The van der Waals surface area contributed by atoms with E-state index in [9.17, 15) is 0 Å². The van der Waals surface area contributed by atoms with E-state index in [1.165, 1.54) is 39.0 Å². The van der Waals surface area contributed by atoms with Crippen LogP contribution < -0.4 is 28.1 Å². The monoisotopic (exact) mass is 616 g/mol. The van der Waals surface area contributed by atoms with Gasteiger partial charge in [-0.2, -0.15) is 0 Å². The SMILES string of the molecule is C=Cc1ccc2c(c1)-c1cc(C=C)c[c](/[Zr+2]([C]3=CC(C(C)(C)C)=CC3C)=[C](/C)c3ccccc3)c1C2.[Cl-].[Cl-]. The Hall–Kier alpha value is -2.05. The second kappa shape index (κ2) is 12.0. The maximum Gasteiger partial charge on any atom is -1.00 e. The van der Waals surface area contributed by atoms with Crippen LogP contribution in [0.1, 0.15) is 62.4 Å². The van der Waals surface area contributed by atoms with E-state index in [4.69, 9.17) is 0 Å². The van der Waals surface area contributed by atoms with Crippen LogP contribution in [0.2, 0.25) is 0 Å². The summed E-state index contributed by atoms with van der Waals surface area (Å²) in [6, 6.07) is 22.8. The number of halogens is 2. The Labute approximate surface area is 249 Å². The van der Waals surface area contributed by atoms with E-state index < -0.39 is 21.3 Å². The Morgan fingerprint density at radius 3 is 2.16 bits per heavy atom. The van der Waals surface area contributed by atoms with Crippen LogP contribution in [-0.4, -0.2) is 3.21 Å². The smallest absolute Gasteiger partial charge is 1.00 e. The maximum absolute atomic E-state index is 4.18. The van der Waals surface area contributed by atoms with Crippen molar-refractivity contribution in [1.29, 1.82) is 0 Å². The summed E-state index contributed by atoms with van der Waals surface area (Å²) in [4.78, 5) is 0. The summed E-state index contributed by atoms with van der Waals surface area (Å²) in [7, 11) is 0. The first-order valence-electron chi connectivity index (χ1n) is 13.0. The Morgan fingerprint density at radius 2 is 1.55 bits per heavy atom. The predicted octanol–water partition coefficient (Wildman–Crippen LogP) is 2.54. The summed E-state index contributed by atoms with van der Waals surface area (Å²) >= 11 is -2.51. The summed E-state index contributed by atoms with van der Waals surface area (Å²) in [5.74, 6) is 0.478. The Balaban J connectivity index is 0.00000200. The average Bonchev–Trinajstić information content (AvgIpc) is 3.44. The molecule has 0 amide bonds. The van der Waals surface area contributed by atoms with Crippen molar-refractivity contribution < 1.29 is 46.1 Å². The fraction of sp³-hybridized carbons (Fsp3) is 0.229. The summed E-state index contributed by atoms with van der Waals surface area (Å²) < 4.78 is 4.91. The number of allylic oxidation sites excluding steroid dienone is 4. The van der Waals surface area contributed by atoms with Gasteiger partial charge in [0.05, 0.1) is 0 Å². The van der Waals surface area contributed by atoms with Crippen LogP contribution in [0.4, 0.5) is 0 Å². The van der Waals surface area contributed by atoms with Gasteiger partial charge in [0.1, 0.15) is 0 Å². The fourth-order valence-electron chi connectivity index (χ4n) is 5.66. The van der Waals surface area contributed by atoms with E-state index >= 15 is 0 Å². The van der Waals surface area contributed by atoms with Gasteiger partial charge in [0, 0.05) is 0 Å². The van der Waals surface area contributed by atoms with Crippen molar-refractivity contribution in [2.24, 2.45) is 11.3 Å². The van der Waals surface area contributed by atoms with Crippen molar-refractivity contribution in [3.05, 3.63) is 123 Å². The Kier molecular flexibility index (Phi) is 9.63. The molecule has 3 aromatic carbocycles. The first kappa shape index (κ1) is 30.5. The zero-order valence-electron chi connectivity index (χ0n) is 23.0. The third kappa shape index (κ3) is 5.63. The van der Waals surface area contributed by atoms with E-state index in [0.717, 1.165) is 6.42 Å². The molecular weight excluding hydrogens is 583 g/mol. The van der Waals surface area contributed by atoms with Crippen LogP contribution in [0.5, 0.6) is 0 Å². The summed E-state index contributed by atoms with van der Waals surface area (Å²) in [5, 5.41) is 0. The molecule has 0 spiro atoms. The van der Waals surface area contributed by atoms with Crippen LogP contribution in [0, 0.1) is 11.3 Å². The van der Waals surface area contributed by atoms with Crippen molar-refractivity contribution in [1.82, 2.24) is 0 Å². The number of hydrogen-bond acceptors (Lipinski definition) is 0. The topological polar surface area (TPSA) is 0 Å². The molecule has 0 saturated carbocycles. The largest absolute Gasteiger partial charge is 1.00 e. The van der Waals surface area contributed by atoms with E-state index in [1.807, 2.05) is 12.2 Å². The zero-order chi connectivity index (χ0) is 25.6. The number of rotatable bonds is 5. The normalized spacial score (nSPS) is 15.7. The molecule has 0 bridgehead atoms. The standard InChI is InChI=1S/C17H13.C10H15.C8H8.2ClH.Zr/c1-3-12-5-7-14-11-15-8-6-13(4-2)10-17(15)16(14)9-12;1-8-5-6-9(7-8)10(2,3)4;1-2-8-6-4-3-5-7-8;;;/h3-7,9-10H,1-2,11H2;6-8H,1-4H3;3-7H,1H3;2*1H;/q;;;;;+2/p-2. The molecule has 0 N–H and O–H groups in total. The minimum Gasteiger partial charge on any atom is -1.00 e. The van der Waals surface area contributed by atoms with Gasteiger partial charge >= 0.3 is 226 Å². The minimum atomic E-state index is -2.51. The number of fused-ring (bicyclic) bond motifs is 3. The molecule has 2 aliphatic rings. The molecule has 1 atom stereocenters. The van der Waals surface area contributed by atoms with E-state index in [2.05, 4.69) is 121 Å². The van der Waals surface area contributed by atoms with Crippen LogP contribution in [-0.2, 0) is 27.7 Å². The fourth-order valence-corrected chi connectivity index (χ4v) is 13.7. The van der Waals surface area contributed by atoms with Crippen molar-refractivity contribution in [3.63, 3.8) is 0 Å². The van der Waals surface area contributed by atoms with E-state index in [-0.39, 0.29) is 30.2 Å². The molecule has 0 fully saturated rings. The zero-order valence-corrected chi connectivity index (χ0v) is 27.0. The minimum absolute atomic E-state index is 0. The first-order valence-corrected chi connectivity index (χ1v) is 16.7. The van der Waals surface area contributed by atoms with Gasteiger partial charge in [-0.1, -0.05) is 0 Å². The molecule has 0 saturated heterocycles. The predicted molar refractivity (Wildman–Crippen MR) is 156 cm³/mol. The van der Waals surface area contributed by atoms with Crippen LogP contribution in [0.25, 0.3) is 23.3 Å². The van der Waals surface area contributed by atoms with Gasteiger partial charge in [0.25, 0.3) is 0 Å². The van der Waals surface area contributed by atoms with Crippen molar-refractivity contribution in [2.45, 2.75) is 41.0 Å². The maximum atomic E-state index is 4.18. The van der Waals surface area contributed by atoms with Crippen molar-refractivity contribution >= 4 is 18.6 Å². The summed E-state index contributed by atoms with van der Waals surface area (Å²) in [6.07, 6.45) is 10.1. The van der Waals surface area contributed by atoms with E-state index in [0.29, 0.717) is 5.92 Å². The molecule has 3 heteroatoms. The number of benzene rings is 3. The van der Waals surface area contributed by atoms with Gasteiger partial charge < -0.3 is 24.8 Å². The first-order chi connectivity index (χ1) is 17.2. The molecule has 0 radical (unpaired) electrons. The second-order valence-electron chi connectivity index (χ2n) is 11.2. The van der Waals surface area contributed by atoms with Gasteiger partial charge in [0.2, 0.25) is 0 Å². The van der Waals surface area contributed by atoms with Crippen LogP contribution in [0.15, 0.2) is 94.8 Å². The van der Waals surface area contributed by atoms with Crippen molar-refractivity contribution in [2.75, 3.05) is 0 Å². The molecule has 0 nitrogen and oxygen atoms in total. The molecule has 0 aliphatic heterocycles. The molecule has 5 rings (SSSR count). The second-order valence-corrected chi connectivity index (χ2v) is 17.7. The summed E-state index contributed by atoms with van der Waals surface area (Å²) in [6.45, 7) is 20.0. The molecule has 0 aromatic heterocycles. The number of hydrogen-bond donors (Lipinski definition) is 0.